The highest BCUT2D eigenvalue weighted by Crippen LogP contribution is 2.36. The third kappa shape index (κ3) is 6.94. The fraction of sp³-hybridized carbons (Fsp3) is 0.300. The highest BCUT2D eigenvalue weighted by molar-refractivity contribution is 9.10. The van der Waals surface area contributed by atoms with Gasteiger partial charge in [0.1, 0.15) is 0 Å². The number of alkyl halides is 3. The number of amides is 1. The Labute approximate surface area is 180 Å². The van der Waals surface area contributed by atoms with Crippen molar-refractivity contribution in [3.8, 4) is 11.5 Å². The molecule has 2 aromatic rings. The molecule has 2 N–H and O–H groups in total. The lowest BCUT2D eigenvalue weighted by atomic mass is 10.2. The molecule has 0 aliphatic carbocycles. The van der Waals surface area contributed by atoms with E-state index >= 15 is 0 Å². The Balaban J connectivity index is 1.96. The fourth-order valence-electron chi connectivity index (χ4n) is 2.42. The van der Waals surface area contributed by atoms with E-state index in [0.29, 0.717) is 34.7 Å². The van der Waals surface area contributed by atoms with Gasteiger partial charge >= 0.3 is 6.18 Å². The van der Waals surface area contributed by atoms with Crippen molar-refractivity contribution in [3.63, 3.8) is 0 Å². The van der Waals surface area contributed by atoms with Crippen LogP contribution in [-0.2, 0) is 11.0 Å². The maximum absolute atomic E-state index is 12.7. The summed E-state index contributed by atoms with van der Waals surface area (Å²) in [6.07, 6.45) is -3.03. The molecule has 2 rings (SSSR count). The van der Waals surface area contributed by atoms with Gasteiger partial charge in [-0.2, -0.15) is 18.3 Å². The van der Waals surface area contributed by atoms with E-state index < -0.39 is 17.6 Å². The summed E-state index contributed by atoms with van der Waals surface area (Å²) in [5.74, 6) is 0.595. The van der Waals surface area contributed by atoms with Gasteiger partial charge in [0.2, 0.25) is 0 Å². The Morgan fingerprint density at radius 2 is 1.90 bits per heavy atom. The number of nitrogens with one attached hydrogen (secondary N) is 2. The molecule has 0 saturated heterocycles. The van der Waals surface area contributed by atoms with Crippen LogP contribution in [0.25, 0.3) is 0 Å². The predicted molar refractivity (Wildman–Crippen MR) is 112 cm³/mol. The average molecular weight is 488 g/mol. The first kappa shape index (κ1) is 23.5. The molecule has 0 aliphatic rings. The number of anilines is 1. The van der Waals surface area contributed by atoms with Gasteiger partial charge in [-0.25, -0.2) is 5.43 Å². The van der Waals surface area contributed by atoms with Crippen LogP contribution in [0.1, 0.15) is 25.0 Å². The van der Waals surface area contributed by atoms with Crippen molar-refractivity contribution in [1.29, 1.82) is 0 Å². The molecular formula is C20H21BrF3N3O3. The van der Waals surface area contributed by atoms with Gasteiger partial charge in [0.05, 0.1) is 36.0 Å². The van der Waals surface area contributed by atoms with Crippen LogP contribution in [0.2, 0.25) is 0 Å². The summed E-state index contributed by atoms with van der Waals surface area (Å²) < 4.78 is 50.0. The second-order valence-corrected chi connectivity index (χ2v) is 6.78. The van der Waals surface area contributed by atoms with Gasteiger partial charge < -0.3 is 14.8 Å². The van der Waals surface area contributed by atoms with Crippen molar-refractivity contribution in [3.05, 3.63) is 52.0 Å². The molecule has 0 heterocycles. The molecule has 0 saturated carbocycles. The SMILES string of the molecule is CCOc1cc(/C=N\NC(=O)CNc2cccc(C(F)(F)F)c2)cc(Br)c1OCC. The summed E-state index contributed by atoms with van der Waals surface area (Å²) in [6, 6.07) is 8.07. The van der Waals surface area contributed by atoms with E-state index in [9.17, 15) is 18.0 Å². The molecule has 1 amide bonds. The number of hydrazone groups is 1. The van der Waals surface area contributed by atoms with Crippen molar-refractivity contribution >= 4 is 33.7 Å². The molecule has 0 aliphatic heterocycles. The topological polar surface area (TPSA) is 72.0 Å². The molecule has 0 unspecified atom stereocenters. The fourth-order valence-corrected chi connectivity index (χ4v) is 2.99. The molecule has 0 radical (unpaired) electrons. The number of carbonyl (C=O) groups is 1. The molecular weight excluding hydrogens is 467 g/mol. The third-order valence-electron chi connectivity index (χ3n) is 3.67. The van der Waals surface area contributed by atoms with Crippen LogP contribution in [0.3, 0.4) is 0 Å². The lowest BCUT2D eigenvalue weighted by molar-refractivity contribution is -0.137. The first-order valence-electron chi connectivity index (χ1n) is 9.06. The zero-order valence-corrected chi connectivity index (χ0v) is 17.9. The maximum atomic E-state index is 12.7. The molecule has 0 fully saturated rings. The van der Waals surface area contributed by atoms with Crippen LogP contribution >= 0.6 is 15.9 Å². The molecule has 0 bridgehead atoms. The minimum absolute atomic E-state index is 0.181. The Bertz CT molecular complexity index is 905. The van der Waals surface area contributed by atoms with Crippen molar-refractivity contribution in [2.24, 2.45) is 5.10 Å². The summed E-state index contributed by atoms with van der Waals surface area (Å²) in [7, 11) is 0. The minimum atomic E-state index is -4.45. The standard InChI is InChI=1S/C20H21BrF3N3O3/c1-3-29-17-9-13(8-16(21)19(17)30-4-2)11-26-27-18(28)12-25-15-7-5-6-14(10-15)20(22,23)24/h5-11,25H,3-4,12H2,1-2H3,(H,27,28)/b26-11-. The second-order valence-electron chi connectivity index (χ2n) is 5.92. The van der Waals surface area contributed by atoms with Gasteiger partial charge in [-0.05, 0) is 65.7 Å². The summed E-state index contributed by atoms with van der Waals surface area (Å²) in [5, 5.41) is 6.50. The normalized spacial score (nSPS) is 11.4. The number of nitrogens with zero attached hydrogens (tertiary/aromatic N) is 1. The van der Waals surface area contributed by atoms with Crippen molar-refractivity contribution in [2.45, 2.75) is 20.0 Å². The zero-order chi connectivity index (χ0) is 22.1. The van der Waals surface area contributed by atoms with Crippen LogP contribution in [-0.4, -0.2) is 31.9 Å². The van der Waals surface area contributed by atoms with E-state index in [0.717, 1.165) is 12.1 Å². The molecule has 2 aromatic carbocycles. The van der Waals surface area contributed by atoms with Gasteiger partial charge in [-0.3, -0.25) is 4.79 Å². The molecule has 6 nitrogen and oxygen atoms in total. The van der Waals surface area contributed by atoms with Crippen molar-refractivity contribution in [2.75, 3.05) is 25.1 Å². The number of hydrogen-bond acceptors (Lipinski definition) is 5. The summed E-state index contributed by atoms with van der Waals surface area (Å²) >= 11 is 3.42. The van der Waals surface area contributed by atoms with Gasteiger partial charge in [-0.1, -0.05) is 6.07 Å². The van der Waals surface area contributed by atoms with Crippen LogP contribution < -0.4 is 20.2 Å². The summed E-state index contributed by atoms with van der Waals surface area (Å²) in [4.78, 5) is 11.9. The van der Waals surface area contributed by atoms with Crippen LogP contribution in [0, 0.1) is 0 Å². The van der Waals surface area contributed by atoms with E-state index in [4.69, 9.17) is 9.47 Å². The van der Waals surface area contributed by atoms with Gasteiger partial charge in [0.25, 0.3) is 5.91 Å². The number of halogens is 4. The lowest BCUT2D eigenvalue weighted by Gasteiger charge is -2.13. The summed E-state index contributed by atoms with van der Waals surface area (Å²) in [5.41, 5.74) is 2.35. The lowest BCUT2D eigenvalue weighted by Crippen LogP contribution is -2.26. The Hall–Kier alpha value is -2.75. The Morgan fingerprint density at radius 3 is 2.57 bits per heavy atom. The van der Waals surface area contributed by atoms with Crippen LogP contribution in [0.15, 0.2) is 46.0 Å². The number of ether oxygens (including phenoxy) is 2. The maximum Gasteiger partial charge on any atom is 0.416 e. The molecule has 0 atom stereocenters. The number of carbonyl (C=O) groups excluding carboxylic acids is 1. The smallest absolute Gasteiger partial charge is 0.416 e. The highest BCUT2D eigenvalue weighted by atomic mass is 79.9. The summed E-state index contributed by atoms with van der Waals surface area (Å²) in [6.45, 7) is 4.39. The highest BCUT2D eigenvalue weighted by Gasteiger charge is 2.30. The minimum Gasteiger partial charge on any atom is -0.490 e. The van der Waals surface area contributed by atoms with Gasteiger partial charge in [0.15, 0.2) is 11.5 Å². The number of hydrogen-bond donors (Lipinski definition) is 2. The average Bonchev–Trinajstić information content (AvgIpc) is 2.69. The number of benzene rings is 2. The van der Waals surface area contributed by atoms with Crippen LogP contribution in [0.4, 0.5) is 18.9 Å². The molecule has 30 heavy (non-hydrogen) atoms. The van der Waals surface area contributed by atoms with Gasteiger partial charge in [-0.15, -0.1) is 0 Å². The molecule has 162 valence electrons. The molecule has 10 heteroatoms. The molecule has 0 aromatic heterocycles. The van der Waals surface area contributed by atoms with E-state index in [1.807, 2.05) is 13.8 Å². The van der Waals surface area contributed by atoms with E-state index in [2.05, 4.69) is 31.8 Å². The number of rotatable bonds is 9. The first-order chi connectivity index (χ1) is 14.2. The third-order valence-corrected chi connectivity index (χ3v) is 4.26. The van der Waals surface area contributed by atoms with Crippen molar-refractivity contribution < 1.29 is 27.4 Å². The second kappa shape index (κ2) is 10.9. The largest absolute Gasteiger partial charge is 0.490 e. The quantitative estimate of drug-likeness (QED) is 0.392. The zero-order valence-electron chi connectivity index (χ0n) is 16.3. The first-order valence-corrected chi connectivity index (χ1v) is 9.86. The van der Waals surface area contributed by atoms with E-state index in [1.54, 1.807) is 12.1 Å². The Morgan fingerprint density at radius 1 is 1.17 bits per heavy atom. The predicted octanol–water partition coefficient (Wildman–Crippen LogP) is 4.83. The van der Waals surface area contributed by atoms with E-state index in [-0.39, 0.29) is 12.2 Å². The Kier molecular flexibility index (Phi) is 8.52. The van der Waals surface area contributed by atoms with E-state index in [1.165, 1.54) is 18.3 Å². The van der Waals surface area contributed by atoms with Gasteiger partial charge in [0, 0.05) is 5.69 Å². The van der Waals surface area contributed by atoms with Crippen molar-refractivity contribution in [1.82, 2.24) is 5.43 Å². The molecule has 0 spiro atoms. The monoisotopic (exact) mass is 487 g/mol. The van der Waals surface area contributed by atoms with Crippen LogP contribution in [0.5, 0.6) is 11.5 Å².